The lowest BCUT2D eigenvalue weighted by Gasteiger charge is -2.28. The summed E-state index contributed by atoms with van der Waals surface area (Å²) >= 11 is 0. The standard InChI is InChI=1S/C21H26BN6O/c1-2-3-8-22-21-25-19(13-20(26-21)28-9-11-29-12-10-28)27-24-15-16-14-23-18-7-5-4-6-17(16)18/h4-7,13-15,23H,2-3,8-12H2,1H3,(H,25,26,27)/b24-15+. The molecule has 0 spiro atoms. The number of anilines is 2. The number of morpholine rings is 1. The van der Waals surface area contributed by atoms with Gasteiger partial charge in [0.2, 0.25) is 7.28 Å². The molecule has 4 rings (SSSR count). The molecule has 7 nitrogen and oxygen atoms in total. The quantitative estimate of drug-likeness (QED) is 0.268. The number of unbranched alkanes of at least 4 members (excludes halogenated alkanes) is 1. The molecule has 149 valence electrons. The molecule has 0 saturated carbocycles. The molecule has 0 amide bonds. The Hall–Kier alpha value is -2.87. The van der Waals surface area contributed by atoms with Gasteiger partial charge in [-0.05, 0) is 6.07 Å². The largest absolute Gasteiger partial charge is 0.378 e. The molecular weight excluding hydrogens is 363 g/mol. The van der Waals surface area contributed by atoms with Crippen molar-refractivity contribution in [2.75, 3.05) is 36.6 Å². The van der Waals surface area contributed by atoms with Crippen LogP contribution in [0.1, 0.15) is 25.3 Å². The van der Waals surface area contributed by atoms with Gasteiger partial charge in [0, 0.05) is 41.8 Å². The highest BCUT2D eigenvalue weighted by molar-refractivity contribution is 6.51. The highest BCUT2D eigenvalue weighted by Crippen LogP contribution is 2.17. The van der Waals surface area contributed by atoms with Crippen molar-refractivity contribution >= 4 is 41.8 Å². The zero-order valence-corrected chi connectivity index (χ0v) is 16.8. The Morgan fingerprint density at radius 2 is 2.14 bits per heavy atom. The molecule has 0 aliphatic carbocycles. The topological polar surface area (TPSA) is 78.4 Å². The number of nitrogens with zero attached hydrogens (tertiary/aromatic N) is 4. The fourth-order valence-electron chi connectivity index (χ4n) is 3.36. The van der Waals surface area contributed by atoms with Gasteiger partial charge in [0.1, 0.15) is 5.82 Å². The van der Waals surface area contributed by atoms with E-state index in [2.05, 4.69) is 51.7 Å². The zero-order chi connectivity index (χ0) is 19.9. The van der Waals surface area contributed by atoms with Gasteiger partial charge in [-0.2, -0.15) is 5.10 Å². The van der Waals surface area contributed by atoms with Gasteiger partial charge in [0.15, 0.2) is 5.82 Å². The Balaban J connectivity index is 1.52. The number of fused-ring (bicyclic) bond motifs is 1. The van der Waals surface area contributed by atoms with E-state index in [-0.39, 0.29) is 0 Å². The molecule has 1 aliphatic rings. The van der Waals surface area contributed by atoms with Crippen molar-refractivity contribution in [2.45, 2.75) is 26.1 Å². The predicted octanol–water partition coefficient (Wildman–Crippen LogP) is 2.79. The van der Waals surface area contributed by atoms with E-state index in [1.807, 2.05) is 30.6 Å². The molecule has 29 heavy (non-hydrogen) atoms. The Morgan fingerprint density at radius 3 is 3.00 bits per heavy atom. The monoisotopic (exact) mass is 389 g/mol. The van der Waals surface area contributed by atoms with Crippen molar-refractivity contribution in [2.24, 2.45) is 5.10 Å². The normalized spacial score (nSPS) is 14.6. The molecule has 2 aromatic heterocycles. The minimum Gasteiger partial charge on any atom is -0.378 e. The van der Waals surface area contributed by atoms with Crippen molar-refractivity contribution in [3.8, 4) is 0 Å². The summed E-state index contributed by atoms with van der Waals surface area (Å²) in [6, 6.07) is 10.1. The Bertz CT molecular complexity index is 967. The lowest BCUT2D eigenvalue weighted by atomic mass is 9.72. The van der Waals surface area contributed by atoms with Gasteiger partial charge in [-0.25, -0.2) is 9.97 Å². The van der Waals surface area contributed by atoms with Crippen molar-refractivity contribution in [1.82, 2.24) is 15.0 Å². The van der Waals surface area contributed by atoms with E-state index >= 15 is 0 Å². The summed E-state index contributed by atoms with van der Waals surface area (Å²) in [5.74, 6) is 1.61. The average molecular weight is 389 g/mol. The minimum absolute atomic E-state index is 0.695. The van der Waals surface area contributed by atoms with E-state index in [0.717, 1.165) is 73.5 Å². The number of hydrazone groups is 1. The van der Waals surface area contributed by atoms with Gasteiger partial charge in [-0.15, -0.1) is 0 Å². The molecule has 1 saturated heterocycles. The van der Waals surface area contributed by atoms with Crippen LogP contribution in [0.2, 0.25) is 6.32 Å². The first-order valence-corrected chi connectivity index (χ1v) is 10.2. The number of hydrogen-bond donors (Lipinski definition) is 2. The first-order chi connectivity index (χ1) is 14.3. The molecule has 8 heteroatoms. The van der Waals surface area contributed by atoms with Gasteiger partial charge in [0.05, 0.1) is 25.2 Å². The summed E-state index contributed by atoms with van der Waals surface area (Å²) in [7, 11) is 2.10. The van der Waals surface area contributed by atoms with Crippen molar-refractivity contribution in [3.63, 3.8) is 0 Å². The van der Waals surface area contributed by atoms with Crippen LogP contribution in [0.15, 0.2) is 41.6 Å². The molecule has 1 radical (unpaired) electrons. The van der Waals surface area contributed by atoms with Gasteiger partial charge < -0.3 is 14.6 Å². The van der Waals surface area contributed by atoms with Crippen molar-refractivity contribution in [1.29, 1.82) is 0 Å². The van der Waals surface area contributed by atoms with Crippen LogP contribution in [-0.4, -0.2) is 54.7 Å². The third-order valence-corrected chi connectivity index (χ3v) is 4.95. The molecule has 0 atom stereocenters. The van der Waals surface area contributed by atoms with Crippen molar-refractivity contribution < 1.29 is 4.74 Å². The Kier molecular flexibility index (Phi) is 6.41. The second kappa shape index (κ2) is 9.56. The SMILES string of the molecule is CCCC[B]c1nc(N/N=C/c2c[nH]c3ccccc23)cc(N2CCOCC2)n1. The van der Waals surface area contributed by atoms with Crippen LogP contribution in [0.25, 0.3) is 10.9 Å². The lowest BCUT2D eigenvalue weighted by Crippen LogP contribution is -2.38. The molecule has 1 aliphatic heterocycles. The van der Waals surface area contributed by atoms with Crippen molar-refractivity contribution in [3.05, 3.63) is 42.1 Å². The van der Waals surface area contributed by atoms with Crippen LogP contribution >= 0.6 is 0 Å². The third-order valence-electron chi connectivity index (χ3n) is 4.95. The smallest absolute Gasteiger partial charge is 0.204 e. The fraction of sp³-hybridized carbons (Fsp3) is 0.381. The highest BCUT2D eigenvalue weighted by atomic mass is 16.5. The highest BCUT2D eigenvalue weighted by Gasteiger charge is 2.15. The zero-order valence-electron chi connectivity index (χ0n) is 16.8. The van der Waals surface area contributed by atoms with Crippen LogP contribution < -0.4 is 16.0 Å². The number of nitrogens with one attached hydrogen (secondary N) is 2. The molecule has 3 heterocycles. The van der Waals surface area contributed by atoms with Gasteiger partial charge in [-0.3, -0.25) is 5.43 Å². The second-order valence-electron chi connectivity index (χ2n) is 7.07. The number of aromatic amines is 1. The van der Waals surface area contributed by atoms with Crippen LogP contribution in [0.4, 0.5) is 11.6 Å². The number of ether oxygens (including phenoxy) is 1. The summed E-state index contributed by atoms with van der Waals surface area (Å²) in [5.41, 5.74) is 5.96. The molecule has 0 bridgehead atoms. The first-order valence-electron chi connectivity index (χ1n) is 10.2. The summed E-state index contributed by atoms with van der Waals surface area (Å²) in [5, 5.41) is 5.56. The number of para-hydroxylation sites is 1. The summed E-state index contributed by atoms with van der Waals surface area (Å²) in [6.45, 7) is 5.30. The van der Waals surface area contributed by atoms with Crippen LogP contribution in [-0.2, 0) is 4.74 Å². The minimum atomic E-state index is 0.695. The lowest BCUT2D eigenvalue weighted by molar-refractivity contribution is 0.122. The summed E-state index contributed by atoms with van der Waals surface area (Å²) in [6.07, 6.45) is 7.03. The van der Waals surface area contributed by atoms with E-state index in [1.54, 1.807) is 0 Å². The van der Waals surface area contributed by atoms with E-state index in [9.17, 15) is 0 Å². The number of H-pyrrole nitrogens is 1. The summed E-state index contributed by atoms with van der Waals surface area (Å²) in [4.78, 5) is 14.9. The average Bonchev–Trinajstić information content (AvgIpc) is 3.18. The van der Waals surface area contributed by atoms with Crippen LogP contribution in [0.5, 0.6) is 0 Å². The van der Waals surface area contributed by atoms with Gasteiger partial charge in [-0.1, -0.05) is 44.3 Å². The molecule has 1 fully saturated rings. The van der Waals surface area contributed by atoms with Gasteiger partial charge >= 0.3 is 0 Å². The number of rotatable bonds is 8. The maximum atomic E-state index is 5.47. The summed E-state index contributed by atoms with van der Waals surface area (Å²) < 4.78 is 5.47. The molecule has 0 unspecified atom stereocenters. The van der Waals surface area contributed by atoms with E-state index < -0.39 is 0 Å². The van der Waals surface area contributed by atoms with E-state index in [4.69, 9.17) is 9.72 Å². The number of benzene rings is 1. The molecule has 3 aromatic rings. The Labute approximate surface area is 171 Å². The maximum Gasteiger partial charge on any atom is 0.204 e. The Morgan fingerprint density at radius 1 is 1.28 bits per heavy atom. The van der Waals surface area contributed by atoms with Crippen LogP contribution in [0, 0.1) is 0 Å². The predicted molar refractivity (Wildman–Crippen MR) is 120 cm³/mol. The fourth-order valence-corrected chi connectivity index (χ4v) is 3.36. The van der Waals surface area contributed by atoms with Gasteiger partial charge in [0.25, 0.3) is 0 Å². The molecule has 2 N–H and O–H groups in total. The molecular formula is C21H26BN6O. The number of aromatic nitrogens is 3. The molecule has 1 aromatic carbocycles. The van der Waals surface area contributed by atoms with E-state index in [1.165, 1.54) is 0 Å². The number of hydrogen-bond acceptors (Lipinski definition) is 6. The third kappa shape index (κ3) is 4.95. The second-order valence-corrected chi connectivity index (χ2v) is 7.07. The maximum absolute atomic E-state index is 5.47. The first kappa shape index (κ1) is 19.5. The van der Waals surface area contributed by atoms with E-state index in [0.29, 0.717) is 5.82 Å². The van der Waals surface area contributed by atoms with Crippen LogP contribution in [0.3, 0.4) is 0 Å².